The zero-order valence-electron chi connectivity index (χ0n) is 10.2. The summed E-state index contributed by atoms with van der Waals surface area (Å²) in [4.78, 5) is 10.4. The van der Waals surface area contributed by atoms with Crippen molar-refractivity contribution in [2.75, 3.05) is 5.75 Å². The highest BCUT2D eigenvalue weighted by atomic mass is 32.2. The number of thioether (sulfide) groups is 1. The van der Waals surface area contributed by atoms with Crippen LogP contribution in [0.3, 0.4) is 0 Å². The maximum Gasteiger partial charge on any atom is 0.314 e. The number of nitrogens with zero attached hydrogens (tertiary/aromatic N) is 2. The van der Waals surface area contributed by atoms with Crippen LogP contribution < -0.4 is 0 Å². The van der Waals surface area contributed by atoms with Gasteiger partial charge in [0.15, 0.2) is 0 Å². The maximum atomic E-state index is 10.4. The van der Waals surface area contributed by atoms with Crippen LogP contribution in [0.15, 0.2) is 14.1 Å². The number of carboxylic acid groups (broad SMARTS) is 1. The number of hydrogen-bond donors (Lipinski definition) is 1. The molecule has 2 rings (SSSR count). The van der Waals surface area contributed by atoms with Crippen molar-refractivity contribution in [1.29, 1.82) is 0 Å². The van der Waals surface area contributed by atoms with Gasteiger partial charge in [-0.25, -0.2) is 0 Å². The quantitative estimate of drug-likeness (QED) is 0.851. The largest absolute Gasteiger partial charge is 0.481 e. The van der Waals surface area contributed by atoms with E-state index in [1.54, 1.807) is 0 Å². The molecule has 2 aromatic rings. The van der Waals surface area contributed by atoms with Crippen LogP contribution in [-0.4, -0.2) is 27.0 Å². The summed E-state index contributed by atoms with van der Waals surface area (Å²) < 4.78 is 10.9. The SMILES string of the molecule is Cc1oc(C)c(-c2nnc(SCC(=O)O)o2)c1C. The molecule has 0 bridgehead atoms. The van der Waals surface area contributed by atoms with Gasteiger partial charge in [-0.2, -0.15) is 0 Å². The molecule has 0 radical (unpaired) electrons. The van der Waals surface area contributed by atoms with E-state index in [1.165, 1.54) is 0 Å². The van der Waals surface area contributed by atoms with Crippen molar-refractivity contribution in [2.45, 2.75) is 26.0 Å². The van der Waals surface area contributed by atoms with Crippen LogP contribution in [0.5, 0.6) is 0 Å². The van der Waals surface area contributed by atoms with E-state index in [9.17, 15) is 4.79 Å². The van der Waals surface area contributed by atoms with E-state index in [4.69, 9.17) is 13.9 Å². The fourth-order valence-corrected chi connectivity index (χ4v) is 2.08. The minimum absolute atomic E-state index is 0.107. The number of furan rings is 1. The number of rotatable bonds is 4. The Labute approximate surface area is 107 Å². The molecule has 0 aliphatic carbocycles. The van der Waals surface area contributed by atoms with E-state index in [1.807, 2.05) is 20.8 Å². The van der Waals surface area contributed by atoms with Crippen LogP contribution >= 0.6 is 11.8 Å². The van der Waals surface area contributed by atoms with Gasteiger partial charge in [-0.05, 0) is 20.8 Å². The Hall–Kier alpha value is -1.76. The van der Waals surface area contributed by atoms with E-state index in [0.29, 0.717) is 11.7 Å². The Morgan fingerprint density at radius 3 is 2.50 bits per heavy atom. The normalized spacial score (nSPS) is 10.8. The van der Waals surface area contributed by atoms with Crippen LogP contribution in [0.2, 0.25) is 0 Å². The Balaban J connectivity index is 2.26. The average Bonchev–Trinajstić information content (AvgIpc) is 2.83. The summed E-state index contributed by atoms with van der Waals surface area (Å²) in [6.45, 7) is 5.60. The monoisotopic (exact) mass is 268 g/mol. The molecule has 7 heteroatoms. The number of hydrogen-bond acceptors (Lipinski definition) is 6. The highest BCUT2D eigenvalue weighted by Gasteiger charge is 2.19. The molecule has 6 nitrogen and oxygen atoms in total. The third-order valence-electron chi connectivity index (χ3n) is 2.50. The predicted molar refractivity (Wildman–Crippen MR) is 64.6 cm³/mol. The summed E-state index contributed by atoms with van der Waals surface area (Å²) in [6.07, 6.45) is 0. The van der Waals surface area contributed by atoms with Crippen molar-refractivity contribution in [3.8, 4) is 11.5 Å². The lowest BCUT2D eigenvalue weighted by Gasteiger charge is -1.93. The van der Waals surface area contributed by atoms with E-state index in [0.717, 1.165) is 28.6 Å². The van der Waals surface area contributed by atoms with Crippen molar-refractivity contribution >= 4 is 17.7 Å². The molecule has 0 saturated carbocycles. The van der Waals surface area contributed by atoms with Crippen molar-refractivity contribution < 1.29 is 18.7 Å². The summed E-state index contributed by atoms with van der Waals surface area (Å²) in [5.41, 5.74) is 1.73. The molecule has 2 aromatic heterocycles. The molecule has 0 fully saturated rings. The zero-order valence-corrected chi connectivity index (χ0v) is 11.0. The topological polar surface area (TPSA) is 89.4 Å². The van der Waals surface area contributed by atoms with Crippen LogP contribution in [0.4, 0.5) is 0 Å². The number of aryl methyl sites for hydroxylation is 2. The van der Waals surface area contributed by atoms with Crippen LogP contribution in [-0.2, 0) is 4.79 Å². The van der Waals surface area contributed by atoms with Gasteiger partial charge >= 0.3 is 5.97 Å². The van der Waals surface area contributed by atoms with Gasteiger partial charge < -0.3 is 13.9 Å². The standard InChI is InChI=1S/C11H12N2O4S/c1-5-6(2)16-7(3)9(5)10-12-13-11(17-10)18-4-8(14)15/h4H2,1-3H3,(H,14,15). The van der Waals surface area contributed by atoms with E-state index in [-0.39, 0.29) is 11.0 Å². The summed E-state index contributed by atoms with van der Waals surface area (Å²) in [5, 5.41) is 16.5. The van der Waals surface area contributed by atoms with Crippen LogP contribution in [0.1, 0.15) is 17.1 Å². The molecule has 96 valence electrons. The summed E-state index contributed by atoms with van der Waals surface area (Å²) in [7, 11) is 0. The Morgan fingerprint density at radius 2 is 1.94 bits per heavy atom. The molecule has 0 unspecified atom stereocenters. The lowest BCUT2D eigenvalue weighted by Crippen LogP contribution is -1.97. The van der Waals surface area contributed by atoms with Gasteiger partial charge in [-0.1, -0.05) is 11.8 Å². The first-order chi connectivity index (χ1) is 8.49. The van der Waals surface area contributed by atoms with Gasteiger partial charge in [0.1, 0.15) is 17.3 Å². The number of aliphatic carboxylic acids is 1. The molecular formula is C11H12N2O4S. The third-order valence-corrected chi connectivity index (χ3v) is 3.30. The molecule has 0 amide bonds. The van der Waals surface area contributed by atoms with E-state index in [2.05, 4.69) is 10.2 Å². The lowest BCUT2D eigenvalue weighted by atomic mass is 10.1. The second-order valence-corrected chi connectivity index (χ2v) is 4.70. The second-order valence-electron chi connectivity index (χ2n) is 3.77. The highest BCUT2D eigenvalue weighted by molar-refractivity contribution is 7.99. The van der Waals surface area contributed by atoms with Crippen LogP contribution in [0.25, 0.3) is 11.5 Å². The minimum Gasteiger partial charge on any atom is -0.481 e. The molecule has 0 aliphatic rings. The van der Waals surface area contributed by atoms with Gasteiger partial charge in [-0.3, -0.25) is 4.79 Å². The molecule has 0 saturated heterocycles. The number of carboxylic acids is 1. The first-order valence-corrected chi connectivity index (χ1v) is 6.22. The Morgan fingerprint density at radius 1 is 1.22 bits per heavy atom. The van der Waals surface area contributed by atoms with Gasteiger partial charge in [0.2, 0.25) is 0 Å². The van der Waals surface area contributed by atoms with E-state index < -0.39 is 5.97 Å². The molecule has 0 spiro atoms. The summed E-state index contributed by atoms with van der Waals surface area (Å²) in [5.74, 6) is 0.842. The van der Waals surface area contributed by atoms with Crippen molar-refractivity contribution in [1.82, 2.24) is 10.2 Å². The highest BCUT2D eigenvalue weighted by Crippen LogP contribution is 2.31. The van der Waals surface area contributed by atoms with Gasteiger partial charge in [0.05, 0.1) is 5.56 Å². The molecule has 1 N–H and O–H groups in total. The van der Waals surface area contributed by atoms with Crippen molar-refractivity contribution in [2.24, 2.45) is 0 Å². The predicted octanol–water partition coefficient (Wildman–Crippen LogP) is 2.43. The first-order valence-electron chi connectivity index (χ1n) is 5.24. The summed E-state index contributed by atoms with van der Waals surface area (Å²) >= 11 is 0.992. The molecular weight excluding hydrogens is 256 g/mol. The molecule has 18 heavy (non-hydrogen) atoms. The molecule has 0 atom stereocenters. The Kier molecular flexibility index (Phi) is 3.42. The molecule has 0 aliphatic heterocycles. The maximum absolute atomic E-state index is 10.4. The van der Waals surface area contributed by atoms with E-state index >= 15 is 0 Å². The summed E-state index contributed by atoms with van der Waals surface area (Å²) in [6, 6.07) is 0. The van der Waals surface area contributed by atoms with Crippen LogP contribution in [0, 0.1) is 20.8 Å². The fourth-order valence-electron chi connectivity index (χ4n) is 1.60. The number of carbonyl (C=O) groups is 1. The molecule has 0 aromatic carbocycles. The number of aromatic nitrogens is 2. The average molecular weight is 268 g/mol. The zero-order chi connectivity index (χ0) is 13.3. The smallest absolute Gasteiger partial charge is 0.314 e. The molecule has 2 heterocycles. The first kappa shape index (κ1) is 12.7. The Bertz CT molecular complexity index is 588. The van der Waals surface area contributed by atoms with Crippen molar-refractivity contribution in [3.05, 3.63) is 17.1 Å². The van der Waals surface area contributed by atoms with Gasteiger partial charge in [-0.15, -0.1) is 10.2 Å². The second kappa shape index (κ2) is 4.85. The minimum atomic E-state index is -0.925. The third kappa shape index (κ3) is 2.40. The van der Waals surface area contributed by atoms with Crippen molar-refractivity contribution in [3.63, 3.8) is 0 Å². The van der Waals surface area contributed by atoms with Gasteiger partial charge in [0.25, 0.3) is 11.1 Å². The fraction of sp³-hybridized carbons (Fsp3) is 0.364. The lowest BCUT2D eigenvalue weighted by molar-refractivity contribution is -0.133. The van der Waals surface area contributed by atoms with Gasteiger partial charge in [0, 0.05) is 5.56 Å².